The van der Waals surface area contributed by atoms with Gasteiger partial charge in [0, 0.05) is 5.56 Å². The average molecular weight is 973 g/mol. The molecule has 0 aliphatic carbocycles. The number of halogens is 6. The lowest BCUT2D eigenvalue weighted by Gasteiger charge is -2.35. The van der Waals surface area contributed by atoms with Crippen LogP contribution in [0.25, 0.3) is 0 Å². The molecular formula is C12H9I6N3O. The van der Waals surface area contributed by atoms with Gasteiger partial charge in [-0.25, -0.2) is 0 Å². The summed E-state index contributed by atoms with van der Waals surface area (Å²) < 4.78 is 4.94. The molecule has 0 saturated carbocycles. The Morgan fingerprint density at radius 3 is 2.09 bits per heavy atom. The van der Waals surface area contributed by atoms with E-state index in [0.29, 0.717) is 0 Å². The minimum absolute atomic E-state index is 0.0750. The molecule has 0 aromatic heterocycles. The SMILES string of the molecule is COc1ccc(C2=NN(C(I)(I)I)NC(C(I)(I)I)=C2)cc1. The number of hydrogen-bond donors (Lipinski definition) is 1. The van der Waals surface area contributed by atoms with Crippen molar-refractivity contribution in [1.82, 2.24) is 10.5 Å². The molecule has 4 nitrogen and oxygen atoms in total. The van der Waals surface area contributed by atoms with Gasteiger partial charge in [-0.05, 0) is 166 Å². The highest BCUT2D eigenvalue weighted by Gasteiger charge is 2.35. The first kappa shape index (κ1) is 20.7. The van der Waals surface area contributed by atoms with E-state index in [-0.39, 0.29) is -1.01 Å². The van der Waals surface area contributed by atoms with Crippen molar-refractivity contribution in [3.8, 4) is 5.75 Å². The molecule has 0 bridgehead atoms. The summed E-state index contributed by atoms with van der Waals surface area (Å²) in [5.41, 5.74) is 6.49. The summed E-state index contributed by atoms with van der Waals surface area (Å²) in [5.74, 6) is 0.844. The Kier molecular flexibility index (Phi) is 7.91. The third-order valence-electron chi connectivity index (χ3n) is 2.65. The van der Waals surface area contributed by atoms with Gasteiger partial charge in [-0.1, -0.05) is 0 Å². The van der Waals surface area contributed by atoms with E-state index >= 15 is 0 Å². The molecule has 1 heterocycles. The molecule has 0 amide bonds. The van der Waals surface area contributed by atoms with Gasteiger partial charge in [0.25, 0.3) is 0 Å². The molecule has 0 atom stereocenters. The zero-order valence-electron chi connectivity index (χ0n) is 11.0. The highest BCUT2D eigenvalue weighted by Crippen LogP contribution is 2.45. The van der Waals surface area contributed by atoms with Crippen LogP contribution in [0.5, 0.6) is 5.75 Å². The van der Waals surface area contributed by atoms with E-state index in [4.69, 9.17) is 9.84 Å². The smallest absolute Gasteiger partial charge is 0.229 e. The maximum atomic E-state index is 5.22. The fourth-order valence-corrected chi connectivity index (χ4v) is 3.13. The molecule has 120 valence electrons. The van der Waals surface area contributed by atoms with Crippen molar-refractivity contribution >= 4 is 141 Å². The lowest BCUT2D eigenvalue weighted by Crippen LogP contribution is -2.46. The molecule has 0 fully saturated rings. The Labute approximate surface area is 211 Å². The van der Waals surface area contributed by atoms with E-state index in [9.17, 15) is 0 Å². The van der Waals surface area contributed by atoms with E-state index in [0.717, 1.165) is 22.7 Å². The molecule has 1 aliphatic heterocycles. The molecule has 0 unspecified atom stereocenters. The van der Waals surface area contributed by atoms with Gasteiger partial charge in [-0.3, -0.25) is 5.43 Å². The van der Waals surface area contributed by atoms with Crippen LogP contribution in [0.4, 0.5) is 0 Å². The molecule has 1 aromatic carbocycles. The van der Waals surface area contributed by atoms with Gasteiger partial charge in [0.2, 0.25) is -0.441 Å². The van der Waals surface area contributed by atoms with Crippen molar-refractivity contribution in [3.05, 3.63) is 41.6 Å². The first-order chi connectivity index (χ1) is 10.1. The second kappa shape index (κ2) is 8.40. The van der Waals surface area contributed by atoms with E-state index in [1.54, 1.807) is 7.11 Å². The number of rotatable bonds is 4. The third-order valence-corrected chi connectivity index (χ3v) is 5.76. The first-order valence-corrected chi connectivity index (χ1v) is 12.2. The number of ether oxygens (including phenoxy) is 1. The van der Waals surface area contributed by atoms with E-state index < -0.39 is 0 Å². The van der Waals surface area contributed by atoms with Crippen LogP contribution in [0.15, 0.2) is 41.1 Å². The van der Waals surface area contributed by atoms with E-state index in [1.807, 2.05) is 29.4 Å². The molecule has 2 rings (SSSR count). The fourth-order valence-electron chi connectivity index (χ4n) is 1.61. The van der Waals surface area contributed by atoms with Crippen molar-refractivity contribution in [2.24, 2.45) is 5.10 Å². The van der Waals surface area contributed by atoms with Crippen molar-refractivity contribution in [1.29, 1.82) is 0 Å². The van der Waals surface area contributed by atoms with Crippen molar-refractivity contribution < 1.29 is 4.74 Å². The maximum absolute atomic E-state index is 5.22. The molecule has 10 heteroatoms. The largest absolute Gasteiger partial charge is 0.497 e. The van der Waals surface area contributed by atoms with Crippen molar-refractivity contribution in [2.45, 2.75) is -1.01 Å². The number of hydrogen-bond acceptors (Lipinski definition) is 4. The van der Waals surface area contributed by atoms with Gasteiger partial charge in [0.15, 0.2) is -0.565 Å². The second-order valence-corrected chi connectivity index (χ2v) is 26.1. The fraction of sp³-hybridized carbons (Fsp3) is 0.250. The summed E-state index contributed by atoms with van der Waals surface area (Å²) in [4.78, 5) is 0. The number of hydrazone groups is 1. The summed E-state index contributed by atoms with van der Waals surface area (Å²) in [6.45, 7) is 0. The third kappa shape index (κ3) is 5.71. The van der Waals surface area contributed by atoms with Gasteiger partial charge in [-0.2, -0.15) is 10.2 Å². The van der Waals surface area contributed by atoms with Gasteiger partial charge < -0.3 is 4.74 Å². The number of nitrogens with zero attached hydrogens (tertiary/aromatic N) is 2. The molecular weight excluding hydrogens is 964 g/mol. The molecule has 1 N–H and O–H groups in total. The zero-order chi connectivity index (χ0) is 16.5. The highest BCUT2D eigenvalue weighted by molar-refractivity contribution is 14.3. The van der Waals surface area contributed by atoms with E-state index in [2.05, 4.69) is 147 Å². The summed E-state index contributed by atoms with van der Waals surface area (Å²) >= 11 is 14.3. The van der Waals surface area contributed by atoms with Crippen LogP contribution in [0.2, 0.25) is 0 Å². The lowest BCUT2D eigenvalue weighted by atomic mass is 10.1. The molecule has 22 heavy (non-hydrogen) atoms. The number of benzene rings is 1. The molecule has 0 spiro atoms. The van der Waals surface area contributed by atoms with Crippen molar-refractivity contribution in [2.75, 3.05) is 7.11 Å². The normalized spacial score (nSPS) is 15.9. The minimum Gasteiger partial charge on any atom is -0.497 e. The average Bonchev–Trinajstić information content (AvgIpc) is 2.45. The lowest BCUT2D eigenvalue weighted by molar-refractivity contribution is 0.254. The van der Waals surface area contributed by atoms with Gasteiger partial charge >= 0.3 is 0 Å². The Hall–Kier alpha value is 2.41. The van der Waals surface area contributed by atoms with Crippen LogP contribution in [0.1, 0.15) is 5.56 Å². The molecule has 0 saturated heterocycles. The standard InChI is InChI=1S/C12H9I6N3O/c1-22-8-4-2-7(3-5-8)9-6-10(11(13,14)15)20-21(19-9)12(16,17)18/h2-6,20H,1H3. The molecule has 0 radical (unpaired) electrons. The van der Waals surface area contributed by atoms with Gasteiger partial charge in [0.05, 0.1) is 18.5 Å². The predicted molar refractivity (Wildman–Crippen MR) is 142 cm³/mol. The summed E-state index contributed by atoms with van der Waals surface area (Å²) in [5, 5.41) is 6.61. The van der Waals surface area contributed by atoms with Crippen molar-refractivity contribution in [3.63, 3.8) is 0 Å². The zero-order valence-corrected chi connectivity index (χ0v) is 23.9. The van der Waals surface area contributed by atoms with Crippen LogP contribution in [-0.2, 0) is 0 Å². The number of alkyl halides is 6. The quantitative estimate of drug-likeness (QED) is 0.230. The maximum Gasteiger partial charge on any atom is 0.229 e. The Balaban J connectivity index is 2.44. The second-order valence-electron chi connectivity index (χ2n) is 4.16. The predicted octanol–water partition coefficient (Wildman–Crippen LogP) is 5.98. The van der Waals surface area contributed by atoms with Crippen LogP contribution in [0.3, 0.4) is 0 Å². The minimum atomic E-state index is -0.209. The first-order valence-electron chi connectivity index (χ1n) is 5.77. The Morgan fingerprint density at radius 1 is 1.05 bits per heavy atom. The number of methoxy groups -OCH3 is 1. The Bertz CT molecular complexity index is 603. The van der Waals surface area contributed by atoms with Crippen LogP contribution < -0.4 is 10.2 Å². The number of hydrazine groups is 1. The number of nitrogens with one attached hydrogen (secondary N) is 1. The highest BCUT2D eigenvalue weighted by atomic mass is 127. The summed E-state index contributed by atoms with van der Waals surface area (Å²) in [7, 11) is 1.67. The number of allylic oxidation sites excluding steroid dienone is 2. The summed E-state index contributed by atoms with van der Waals surface area (Å²) in [6, 6.07) is 7.96. The molecule has 1 aromatic rings. The van der Waals surface area contributed by atoms with Crippen LogP contribution in [-0.4, -0.2) is 16.9 Å². The van der Waals surface area contributed by atoms with Crippen LogP contribution >= 0.6 is 136 Å². The monoisotopic (exact) mass is 973 g/mol. The van der Waals surface area contributed by atoms with Crippen LogP contribution in [0, 0.1) is 0 Å². The van der Waals surface area contributed by atoms with E-state index in [1.165, 1.54) is 0 Å². The topological polar surface area (TPSA) is 36.9 Å². The van der Waals surface area contributed by atoms with Gasteiger partial charge in [0.1, 0.15) is 5.75 Å². The Morgan fingerprint density at radius 2 is 1.64 bits per heavy atom. The van der Waals surface area contributed by atoms with Gasteiger partial charge in [-0.15, -0.1) is 0 Å². The summed E-state index contributed by atoms with van der Waals surface area (Å²) in [6.07, 6.45) is 2.10. The molecule has 1 aliphatic rings.